The van der Waals surface area contributed by atoms with Gasteiger partial charge in [-0.25, -0.2) is 9.59 Å². The Balaban J connectivity index is 2.06. The van der Waals surface area contributed by atoms with Crippen molar-refractivity contribution in [2.45, 2.75) is 19.8 Å². The number of amides is 1. The summed E-state index contributed by atoms with van der Waals surface area (Å²) in [7, 11) is 0. The van der Waals surface area contributed by atoms with Crippen LogP contribution in [0.5, 0.6) is 0 Å². The lowest BCUT2D eigenvalue weighted by molar-refractivity contribution is 0.109. The number of carbonyl (C=O) groups is 1. The SMILES string of the molecule is CCOC(=O)N1CCc2cc(C=C=O)sc2CC1. The minimum absolute atomic E-state index is 0.235. The number of nitrogens with zero attached hydrogens (tertiary/aromatic N) is 1. The minimum Gasteiger partial charge on any atom is -0.450 e. The molecule has 0 saturated heterocycles. The molecule has 0 aliphatic carbocycles. The highest BCUT2D eigenvalue weighted by Gasteiger charge is 2.20. The number of carbonyl (C=O) groups excluding carboxylic acids is 2. The molecular formula is C13H15NO3S. The standard InChI is InChI=1S/C13H15NO3S/c1-2-17-13(16)14-6-3-10-9-11(5-8-15)18-12(10)4-7-14/h5,9H,2-4,6-7H2,1H3. The number of thiophene rings is 1. The fourth-order valence-corrected chi connectivity index (χ4v) is 3.12. The first-order chi connectivity index (χ1) is 8.74. The molecule has 1 aromatic heterocycles. The quantitative estimate of drug-likeness (QED) is 0.770. The van der Waals surface area contributed by atoms with Crippen LogP contribution in [0.15, 0.2) is 6.07 Å². The predicted octanol–water partition coefficient (Wildman–Crippen LogP) is 2.15. The lowest BCUT2D eigenvalue weighted by Crippen LogP contribution is -2.33. The van der Waals surface area contributed by atoms with Gasteiger partial charge in [-0.1, -0.05) is 0 Å². The van der Waals surface area contributed by atoms with E-state index in [1.54, 1.807) is 22.2 Å². The van der Waals surface area contributed by atoms with E-state index in [0.717, 1.165) is 17.7 Å². The van der Waals surface area contributed by atoms with Crippen molar-refractivity contribution in [3.63, 3.8) is 0 Å². The predicted molar refractivity (Wildman–Crippen MR) is 70.5 cm³/mol. The Morgan fingerprint density at radius 3 is 3.06 bits per heavy atom. The summed E-state index contributed by atoms with van der Waals surface area (Å²) >= 11 is 1.60. The van der Waals surface area contributed by atoms with E-state index in [-0.39, 0.29) is 6.09 Å². The second-order valence-corrected chi connectivity index (χ2v) is 5.21. The Labute approximate surface area is 110 Å². The summed E-state index contributed by atoms with van der Waals surface area (Å²) in [6.45, 7) is 3.57. The van der Waals surface area contributed by atoms with E-state index in [9.17, 15) is 9.59 Å². The summed E-state index contributed by atoms with van der Waals surface area (Å²) in [6.07, 6.45) is 2.87. The maximum Gasteiger partial charge on any atom is 0.409 e. The van der Waals surface area contributed by atoms with Crippen LogP contribution in [-0.4, -0.2) is 36.6 Å². The molecule has 0 unspecified atom stereocenters. The number of hydrogen-bond acceptors (Lipinski definition) is 4. The topological polar surface area (TPSA) is 46.6 Å². The summed E-state index contributed by atoms with van der Waals surface area (Å²) in [5, 5.41) is 0. The third kappa shape index (κ3) is 2.81. The van der Waals surface area contributed by atoms with E-state index in [2.05, 4.69) is 0 Å². The first-order valence-electron chi connectivity index (χ1n) is 5.98. The zero-order valence-corrected chi connectivity index (χ0v) is 11.1. The van der Waals surface area contributed by atoms with Crippen LogP contribution in [0.4, 0.5) is 4.79 Å². The van der Waals surface area contributed by atoms with Crippen LogP contribution in [0.25, 0.3) is 6.08 Å². The third-order valence-corrected chi connectivity index (χ3v) is 4.09. The van der Waals surface area contributed by atoms with Crippen LogP contribution in [-0.2, 0) is 22.4 Å². The molecule has 0 radical (unpaired) electrons. The van der Waals surface area contributed by atoms with E-state index in [0.29, 0.717) is 19.7 Å². The monoisotopic (exact) mass is 265 g/mol. The van der Waals surface area contributed by atoms with Gasteiger partial charge >= 0.3 is 6.09 Å². The zero-order valence-electron chi connectivity index (χ0n) is 10.3. The van der Waals surface area contributed by atoms with E-state index in [4.69, 9.17) is 4.74 Å². The maximum atomic E-state index is 11.6. The van der Waals surface area contributed by atoms with Crippen molar-refractivity contribution in [1.29, 1.82) is 0 Å². The highest BCUT2D eigenvalue weighted by Crippen LogP contribution is 2.26. The van der Waals surface area contributed by atoms with Gasteiger partial charge in [-0.05, 0) is 31.4 Å². The van der Waals surface area contributed by atoms with Crippen molar-refractivity contribution in [3.05, 3.63) is 21.4 Å². The minimum atomic E-state index is -0.235. The Bertz CT molecular complexity index is 463. The summed E-state index contributed by atoms with van der Waals surface area (Å²) < 4.78 is 5.01. The normalized spacial score (nSPS) is 14.4. The van der Waals surface area contributed by atoms with Crippen LogP contribution in [0.1, 0.15) is 22.2 Å². The van der Waals surface area contributed by atoms with Gasteiger partial charge in [0.2, 0.25) is 0 Å². The number of fused-ring (bicyclic) bond motifs is 1. The van der Waals surface area contributed by atoms with Crippen molar-refractivity contribution in [2.24, 2.45) is 0 Å². The molecule has 5 heteroatoms. The molecule has 18 heavy (non-hydrogen) atoms. The molecule has 1 amide bonds. The first-order valence-corrected chi connectivity index (χ1v) is 6.80. The molecule has 0 fully saturated rings. The smallest absolute Gasteiger partial charge is 0.409 e. The molecule has 0 spiro atoms. The van der Waals surface area contributed by atoms with Crippen LogP contribution < -0.4 is 0 Å². The molecule has 4 nitrogen and oxygen atoms in total. The lowest BCUT2D eigenvalue weighted by atomic mass is 10.1. The molecule has 2 heterocycles. The summed E-state index contributed by atoms with van der Waals surface area (Å²) in [5.41, 5.74) is 1.23. The van der Waals surface area contributed by atoms with Gasteiger partial charge in [0, 0.05) is 28.9 Å². The molecule has 1 aromatic rings. The number of rotatable bonds is 2. The average Bonchev–Trinajstić information content (AvgIpc) is 2.62. The van der Waals surface area contributed by atoms with Gasteiger partial charge in [0.15, 0.2) is 0 Å². The maximum absolute atomic E-state index is 11.6. The van der Waals surface area contributed by atoms with E-state index >= 15 is 0 Å². The van der Waals surface area contributed by atoms with E-state index < -0.39 is 0 Å². The van der Waals surface area contributed by atoms with Gasteiger partial charge in [-0.15, -0.1) is 11.3 Å². The molecule has 1 aliphatic heterocycles. The van der Waals surface area contributed by atoms with Crippen molar-refractivity contribution >= 4 is 29.4 Å². The zero-order chi connectivity index (χ0) is 13.0. The average molecular weight is 265 g/mol. The van der Waals surface area contributed by atoms with E-state index in [1.165, 1.54) is 16.5 Å². The first kappa shape index (κ1) is 12.9. The number of hydrogen-bond donors (Lipinski definition) is 0. The van der Waals surface area contributed by atoms with Crippen molar-refractivity contribution < 1.29 is 14.3 Å². The molecule has 0 atom stereocenters. The fourth-order valence-electron chi connectivity index (χ4n) is 2.04. The molecule has 96 valence electrons. The van der Waals surface area contributed by atoms with Crippen molar-refractivity contribution in [2.75, 3.05) is 19.7 Å². The molecule has 0 bridgehead atoms. The Morgan fingerprint density at radius 2 is 2.33 bits per heavy atom. The number of ether oxygens (including phenoxy) is 1. The van der Waals surface area contributed by atoms with Crippen LogP contribution in [0, 0.1) is 0 Å². The summed E-state index contributed by atoms with van der Waals surface area (Å²) in [6, 6.07) is 2.01. The molecule has 2 rings (SSSR count). The molecule has 0 N–H and O–H groups in total. The molecule has 0 aromatic carbocycles. The van der Waals surface area contributed by atoms with Gasteiger partial charge in [0.25, 0.3) is 0 Å². The van der Waals surface area contributed by atoms with Crippen molar-refractivity contribution in [1.82, 2.24) is 4.90 Å². The largest absolute Gasteiger partial charge is 0.450 e. The fraction of sp³-hybridized carbons (Fsp3) is 0.462. The van der Waals surface area contributed by atoms with E-state index in [1.807, 2.05) is 13.0 Å². The van der Waals surface area contributed by atoms with Crippen LogP contribution in [0.2, 0.25) is 0 Å². The summed E-state index contributed by atoms with van der Waals surface area (Å²) in [4.78, 5) is 25.9. The molecular weight excluding hydrogens is 250 g/mol. The highest BCUT2D eigenvalue weighted by molar-refractivity contribution is 7.13. The second-order valence-electron chi connectivity index (χ2n) is 4.05. The lowest BCUT2D eigenvalue weighted by Gasteiger charge is -2.18. The van der Waals surface area contributed by atoms with Gasteiger partial charge in [0.1, 0.15) is 5.94 Å². The highest BCUT2D eigenvalue weighted by atomic mass is 32.1. The Kier molecular flexibility index (Phi) is 4.18. The molecule has 0 saturated carbocycles. The van der Waals surface area contributed by atoms with Gasteiger partial charge in [0.05, 0.1) is 6.61 Å². The molecule has 1 aliphatic rings. The second kappa shape index (κ2) is 5.85. The Morgan fingerprint density at radius 1 is 1.56 bits per heavy atom. The summed E-state index contributed by atoms with van der Waals surface area (Å²) in [5.74, 6) is 1.80. The van der Waals surface area contributed by atoms with Crippen molar-refractivity contribution in [3.8, 4) is 0 Å². The van der Waals surface area contributed by atoms with Gasteiger partial charge in [-0.2, -0.15) is 0 Å². The Hall–Kier alpha value is -1.58. The van der Waals surface area contributed by atoms with Crippen LogP contribution in [0.3, 0.4) is 0 Å². The van der Waals surface area contributed by atoms with Crippen LogP contribution >= 0.6 is 11.3 Å². The van der Waals surface area contributed by atoms with Gasteiger partial charge in [-0.3, -0.25) is 0 Å². The van der Waals surface area contributed by atoms with Gasteiger partial charge < -0.3 is 9.64 Å². The third-order valence-electron chi connectivity index (χ3n) is 2.90.